The van der Waals surface area contributed by atoms with Gasteiger partial charge in [0.2, 0.25) is 0 Å². The third kappa shape index (κ3) is 2.90. The summed E-state index contributed by atoms with van der Waals surface area (Å²) in [5.74, 6) is -1.29. The molecule has 0 aliphatic carbocycles. The maximum absolute atomic E-state index is 13.7. The van der Waals surface area contributed by atoms with Crippen LogP contribution in [-0.4, -0.2) is 18.1 Å². The van der Waals surface area contributed by atoms with Crippen LogP contribution < -0.4 is 5.32 Å². The van der Waals surface area contributed by atoms with E-state index in [0.717, 1.165) is 10.6 Å². The highest BCUT2D eigenvalue weighted by Gasteiger charge is 2.17. The Morgan fingerprint density at radius 1 is 1.53 bits per heavy atom. The molecule has 19 heavy (non-hydrogen) atoms. The number of hydrogen-bond acceptors (Lipinski definition) is 5. The molecule has 0 fully saturated rings. The molecule has 0 atom stereocenters. The molecule has 0 saturated heterocycles. The van der Waals surface area contributed by atoms with Gasteiger partial charge in [0.05, 0.1) is 30.5 Å². The molecule has 0 spiro atoms. The van der Waals surface area contributed by atoms with Crippen molar-refractivity contribution < 1.29 is 13.9 Å². The summed E-state index contributed by atoms with van der Waals surface area (Å²) >= 11 is 1.51. The topological polar surface area (TPSA) is 51.2 Å². The number of ether oxygens (including phenoxy) is 1. The fraction of sp³-hybridized carbons (Fsp3) is 0.231. The highest BCUT2D eigenvalue weighted by atomic mass is 32.1. The first kappa shape index (κ1) is 13.5. The van der Waals surface area contributed by atoms with E-state index in [-0.39, 0.29) is 5.56 Å². The summed E-state index contributed by atoms with van der Waals surface area (Å²) in [7, 11) is 1.23. The fourth-order valence-electron chi connectivity index (χ4n) is 1.65. The van der Waals surface area contributed by atoms with Gasteiger partial charge in [0, 0.05) is 4.88 Å². The molecule has 0 radical (unpaired) electrons. The fourth-order valence-corrected chi connectivity index (χ4v) is 2.37. The van der Waals surface area contributed by atoms with E-state index in [0.29, 0.717) is 12.2 Å². The van der Waals surface area contributed by atoms with Gasteiger partial charge >= 0.3 is 5.97 Å². The normalized spacial score (nSPS) is 10.3. The smallest absolute Gasteiger partial charge is 0.342 e. The summed E-state index contributed by atoms with van der Waals surface area (Å²) in [6.45, 7) is 2.39. The lowest BCUT2D eigenvalue weighted by Gasteiger charge is -2.10. The number of anilines is 1. The van der Waals surface area contributed by atoms with Gasteiger partial charge in [-0.25, -0.2) is 14.2 Å². The number of nitrogens with one attached hydrogen (secondary N) is 1. The lowest BCUT2D eigenvalue weighted by molar-refractivity contribution is 0.0596. The van der Waals surface area contributed by atoms with Crippen LogP contribution in [0, 0.1) is 12.7 Å². The van der Waals surface area contributed by atoms with Crippen LogP contribution >= 0.6 is 11.3 Å². The predicted molar refractivity (Wildman–Crippen MR) is 71.9 cm³/mol. The summed E-state index contributed by atoms with van der Waals surface area (Å²) in [4.78, 5) is 16.7. The number of methoxy groups -OCH3 is 1. The molecule has 4 nitrogen and oxygen atoms in total. The molecular formula is C13H13FN2O2S. The van der Waals surface area contributed by atoms with Crippen LogP contribution in [0.25, 0.3) is 0 Å². The first-order valence-electron chi connectivity index (χ1n) is 5.63. The van der Waals surface area contributed by atoms with Crippen LogP contribution in [0.5, 0.6) is 0 Å². The molecule has 0 bridgehead atoms. The maximum Gasteiger partial charge on any atom is 0.342 e. The Morgan fingerprint density at radius 3 is 2.95 bits per heavy atom. The van der Waals surface area contributed by atoms with Crippen LogP contribution in [0.1, 0.15) is 20.9 Å². The molecule has 100 valence electrons. The molecule has 0 unspecified atom stereocenters. The molecule has 0 saturated carbocycles. The van der Waals surface area contributed by atoms with E-state index in [1.54, 1.807) is 17.6 Å². The first-order chi connectivity index (χ1) is 9.13. The Bertz CT molecular complexity index is 598. The second-order valence-corrected chi connectivity index (χ2v) is 4.81. The zero-order valence-electron chi connectivity index (χ0n) is 10.6. The molecule has 1 N–H and O–H groups in total. The van der Waals surface area contributed by atoms with Crippen molar-refractivity contribution in [2.75, 3.05) is 12.4 Å². The van der Waals surface area contributed by atoms with Crippen molar-refractivity contribution >= 4 is 23.0 Å². The van der Waals surface area contributed by atoms with Gasteiger partial charge in [-0.05, 0) is 19.1 Å². The number of thiazole rings is 1. The number of rotatable bonds is 4. The Balaban J connectivity index is 2.23. The van der Waals surface area contributed by atoms with Crippen molar-refractivity contribution in [2.45, 2.75) is 13.5 Å². The molecule has 2 aromatic rings. The summed E-state index contributed by atoms with van der Waals surface area (Å²) in [6.07, 6.45) is 0. The van der Waals surface area contributed by atoms with E-state index in [1.165, 1.54) is 24.5 Å². The predicted octanol–water partition coefficient (Wildman–Crippen LogP) is 2.99. The molecule has 1 aromatic carbocycles. The molecule has 0 aliphatic rings. The van der Waals surface area contributed by atoms with E-state index in [1.807, 2.05) is 6.92 Å². The van der Waals surface area contributed by atoms with Crippen LogP contribution in [-0.2, 0) is 11.3 Å². The minimum atomic E-state index is -0.693. The zero-order valence-corrected chi connectivity index (χ0v) is 11.4. The van der Waals surface area contributed by atoms with Gasteiger partial charge in [0.15, 0.2) is 0 Å². The van der Waals surface area contributed by atoms with Crippen LogP contribution in [0.15, 0.2) is 23.7 Å². The lowest BCUT2D eigenvalue weighted by atomic mass is 10.1. The van der Waals surface area contributed by atoms with Gasteiger partial charge in [0.1, 0.15) is 11.4 Å². The molecular weight excluding hydrogens is 267 g/mol. The number of esters is 1. The average Bonchev–Trinajstić information content (AvgIpc) is 2.81. The molecule has 6 heteroatoms. The SMILES string of the molecule is COC(=O)c1c(F)cccc1NCc1scnc1C. The highest BCUT2D eigenvalue weighted by Crippen LogP contribution is 2.22. The number of hydrogen-bond donors (Lipinski definition) is 1. The standard InChI is InChI=1S/C13H13FN2O2S/c1-8-11(19-7-16-8)6-15-10-5-3-4-9(14)12(10)13(17)18-2/h3-5,7,15H,6H2,1-2H3. The van der Waals surface area contributed by atoms with E-state index in [4.69, 9.17) is 0 Å². The third-order valence-corrected chi connectivity index (χ3v) is 3.62. The maximum atomic E-state index is 13.7. The van der Waals surface area contributed by atoms with Crippen molar-refractivity contribution in [3.05, 3.63) is 45.7 Å². The summed E-state index contributed by atoms with van der Waals surface area (Å²) < 4.78 is 18.3. The average molecular weight is 280 g/mol. The van der Waals surface area contributed by atoms with Crippen LogP contribution in [0.3, 0.4) is 0 Å². The molecule has 2 rings (SSSR count). The van der Waals surface area contributed by atoms with Crippen LogP contribution in [0.2, 0.25) is 0 Å². The van der Waals surface area contributed by atoms with Crippen LogP contribution in [0.4, 0.5) is 10.1 Å². The number of carbonyl (C=O) groups is 1. The van der Waals surface area contributed by atoms with E-state index in [9.17, 15) is 9.18 Å². The number of aryl methyl sites for hydroxylation is 1. The Hall–Kier alpha value is -1.95. The van der Waals surface area contributed by atoms with Gasteiger partial charge in [-0.15, -0.1) is 11.3 Å². The van der Waals surface area contributed by atoms with E-state index < -0.39 is 11.8 Å². The highest BCUT2D eigenvalue weighted by molar-refractivity contribution is 7.09. The van der Waals surface area contributed by atoms with Crippen molar-refractivity contribution in [3.63, 3.8) is 0 Å². The van der Waals surface area contributed by atoms with Crippen molar-refractivity contribution in [3.8, 4) is 0 Å². The third-order valence-electron chi connectivity index (χ3n) is 2.69. The number of nitrogens with zero attached hydrogens (tertiary/aromatic N) is 1. The molecule has 1 heterocycles. The van der Waals surface area contributed by atoms with E-state index >= 15 is 0 Å². The molecule has 0 aliphatic heterocycles. The minimum Gasteiger partial charge on any atom is -0.465 e. The Labute approximate surface area is 114 Å². The second-order valence-electron chi connectivity index (χ2n) is 3.87. The minimum absolute atomic E-state index is 0.0767. The summed E-state index contributed by atoms with van der Waals surface area (Å²) in [6, 6.07) is 4.42. The molecule has 0 amide bonds. The number of carbonyl (C=O) groups excluding carboxylic acids is 1. The van der Waals surface area contributed by atoms with Gasteiger partial charge < -0.3 is 10.1 Å². The zero-order chi connectivity index (χ0) is 13.8. The summed E-state index contributed by atoms with van der Waals surface area (Å²) in [5, 5.41) is 3.04. The Morgan fingerprint density at radius 2 is 2.32 bits per heavy atom. The molecule has 1 aromatic heterocycles. The number of benzene rings is 1. The van der Waals surface area contributed by atoms with Gasteiger partial charge in [-0.3, -0.25) is 0 Å². The number of aromatic nitrogens is 1. The van der Waals surface area contributed by atoms with Gasteiger partial charge in [-0.1, -0.05) is 6.07 Å². The quantitative estimate of drug-likeness (QED) is 0.875. The lowest BCUT2D eigenvalue weighted by Crippen LogP contribution is -2.10. The van der Waals surface area contributed by atoms with Crippen molar-refractivity contribution in [1.29, 1.82) is 0 Å². The second kappa shape index (κ2) is 5.79. The van der Waals surface area contributed by atoms with Crippen molar-refractivity contribution in [1.82, 2.24) is 4.98 Å². The largest absolute Gasteiger partial charge is 0.465 e. The summed E-state index contributed by atoms with van der Waals surface area (Å²) in [5.41, 5.74) is 3.01. The first-order valence-corrected chi connectivity index (χ1v) is 6.51. The van der Waals surface area contributed by atoms with E-state index in [2.05, 4.69) is 15.0 Å². The number of halogens is 1. The van der Waals surface area contributed by atoms with Gasteiger partial charge in [-0.2, -0.15) is 0 Å². The van der Waals surface area contributed by atoms with Crippen molar-refractivity contribution in [2.24, 2.45) is 0 Å². The van der Waals surface area contributed by atoms with Gasteiger partial charge in [0.25, 0.3) is 0 Å². The monoisotopic (exact) mass is 280 g/mol. The Kier molecular flexibility index (Phi) is 4.11.